The van der Waals surface area contributed by atoms with Crippen LogP contribution in [0.15, 0.2) is 11.0 Å². The van der Waals surface area contributed by atoms with Crippen molar-refractivity contribution in [2.45, 2.75) is 44.4 Å². The van der Waals surface area contributed by atoms with E-state index in [-0.39, 0.29) is 5.41 Å². The van der Waals surface area contributed by atoms with Gasteiger partial charge in [0.25, 0.3) is 0 Å². The second-order valence-electron chi connectivity index (χ2n) is 5.56. The van der Waals surface area contributed by atoms with Crippen molar-refractivity contribution in [3.8, 4) is 0 Å². The lowest BCUT2D eigenvalue weighted by atomic mass is 9.77. The van der Waals surface area contributed by atoms with Crippen LogP contribution in [0.4, 0.5) is 0 Å². The van der Waals surface area contributed by atoms with Crippen molar-refractivity contribution in [2.24, 2.45) is 0 Å². The third-order valence-corrected chi connectivity index (χ3v) is 5.33. The van der Waals surface area contributed by atoms with E-state index in [1.807, 2.05) is 13.8 Å². The van der Waals surface area contributed by atoms with Gasteiger partial charge in [-0.15, -0.1) is 0 Å². The maximum atomic E-state index is 12.2. The first-order valence-electron chi connectivity index (χ1n) is 6.02. The van der Waals surface area contributed by atoms with Crippen molar-refractivity contribution in [3.63, 3.8) is 0 Å². The average molecular weight is 266 g/mol. The number of hydrogen-bond acceptors (Lipinski definition) is 2. The summed E-state index contributed by atoms with van der Waals surface area (Å²) in [4.78, 5) is 12.1. The molecule has 0 fully saturated rings. The van der Waals surface area contributed by atoms with Crippen LogP contribution in [-0.4, -0.2) is 21.0 Å². The molecular formula is C14H18O3S. The van der Waals surface area contributed by atoms with Crippen molar-refractivity contribution < 1.29 is 14.1 Å². The van der Waals surface area contributed by atoms with Crippen LogP contribution in [0.1, 0.15) is 47.3 Å². The molecule has 18 heavy (non-hydrogen) atoms. The summed E-state index contributed by atoms with van der Waals surface area (Å²) >= 11 is 0. The van der Waals surface area contributed by atoms with E-state index < -0.39 is 16.8 Å². The van der Waals surface area contributed by atoms with Gasteiger partial charge in [0.05, 0.1) is 16.4 Å². The van der Waals surface area contributed by atoms with Gasteiger partial charge in [-0.05, 0) is 48.4 Å². The molecule has 1 aliphatic heterocycles. The number of aromatic carboxylic acids is 1. The summed E-state index contributed by atoms with van der Waals surface area (Å²) in [7, 11) is -0.998. The van der Waals surface area contributed by atoms with E-state index in [9.17, 15) is 14.1 Å². The Morgan fingerprint density at radius 1 is 1.39 bits per heavy atom. The first-order valence-corrected chi connectivity index (χ1v) is 7.34. The quantitative estimate of drug-likeness (QED) is 0.850. The van der Waals surface area contributed by atoms with E-state index in [1.165, 1.54) is 0 Å². The van der Waals surface area contributed by atoms with E-state index in [0.29, 0.717) is 11.3 Å². The Kier molecular flexibility index (Phi) is 3.09. The van der Waals surface area contributed by atoms with Crippen LogP contribution in [-0.2, 0) is 16.2 Å². The zero-order valence-corrected chi connectivity index (χ0v) is 12.0. The molecule has 1 unspecified atom stereocenters. The molecule has 1 aromatic carbocycles. The zero-order valence-electron chi connectivity index (χ0n) is 11.2. The third kappa shape index (κ3) is 1.88. The lowest BCUT2D eigenvalue weighted by Crippen LogP contribution is -2.30. The highest BCUT2D eigenvalue weighted by Gasteiger charge is 2.35. The maximum Gasteiger partial charge on any atom is 0.335 e. The fraction of sp³-hybridized carbons (Fsp3) is 0.500. The lowest BCUT2D eigenvalue weighted by Gasteiger charge is -2.35. The molecule has 1 aromatic rings. The highest BCUT2D eigenvalue weighted by Crippen LogP contribution is 2.41. The van der Waals surface area contributed by atoms with Gasteiger partial charge in [-0.3, -0.25) is 4.21 Å². The van der Waals surface area contributed by atoms with Gasteiger partial charge in [-0.2, -0.15) is 0 Å². The average Bonchev–Trinajstić information content (AvgIpc) is 2.26. The van der Waals surface area contributed by atoms with E-state index in [2.05, 4.69) is 13.8 Å². The van der Waals surface area contributed by atoms with E-state index in [4.69, 9.17) is 0 Å². The maximum absolute atomic E-state index is 12.2. The van der Waals surface area contributed by atoms with Crippen LogP contribution >= 0.6 is 0 Å². The molecule has 2 rings (SSSR count). The summed E-state index contributed by atoms with van der Waals surface area (Å²) in [6.07, 6.45) is 0.829. The molecule has 0 spiro atoms. The van der Waals surface area contributed by atoms with Crippen molar-refractivity contribution in [2.75, 3.05) is 5.75 Å². The fourth-order valence-electron chi connectivity index (χ4n) is 2.80. The number of carboxylic acids is 1. The molecule has 1 aliphatic rings. The number of rotatable bonds is 1. The molecule has 3 nitrogen and oxygen atoms in total. The standard InChI is InChI=1S/C14H18O3S/c1-8-7-10(13(15)16)9(2)11-12(8)18(17)6-5-14(11,3)4/h7H,5-6H2,1-4H3,(H,15,16). The topological polar surface area (TPSA) is 54.4 Å². The Hall–Kier alpha value is -1.16. The van der Waals surface area contributed by atoms with Crippen molar-refractivity contribution >= 4 is 16.8 Å². The summed E-state index contributed by atoms with van der Waals surface area (Å²) in [5.41, 5.74) is 2.80. The van der Waals surface area contributed by atoms with Crippen LogP contribution in [0.5, 0.6) is 0 Å². The van der Waals surface area contributed by atoms with Gasteiger partial charge in [0, 0.05) is 10.6 Å². The first kappa shape index (κ1) is 13.3. The number of hydrogen-bond donors (Lipinski definition) is 1. The van der Waals surface area contributed by atoms with Crippen molar-refractivity contribution in [1.29, 1.82) is 0 Å². The van der Waals surface area contributed by atoms with Crippen LogP contribution < -0.4 is 0 Å². The van der Waals surface area contributed by atoms with Crippen LogP contribution in [0.25, 0.3) is 0 Å². The minimum absolute atomic E-state index is 0.108. The third-order valence-electron chi connectivity index (χ3n) is 3.77. The molecule has 0 radical (unpaired) electrons. The Morgan fingerprint density at radius 2 is 2.00 bits per heavy atom. The number of benzene rings is 1. The number of fused-ring (bicyclic) bond motifs is 1. The van der Waals surface area contributed by atoms with E-state index >= 15 is 0 Å². The first-order chi connectivity index (χ1) is 8.25. The van der Waals surface area contributed by atoms with Crippen molar-refractivity contribution in [1.82, 2.24) is 0 Å². The van der Waals surface area contributed by atoms with E-state index in [0.717, 1.165) is 28.0 Å². The molecule has 98 valence electrons. The van der Waals surface area contributed by atoms with Gasteiger partial charge in [0.15, 0.2) is 0 Å². The Labute approximate surface area is 110 Å². The van der Waals surface area contributed by atoms with Gasteiger partial charge < -0.3 is 5.11 Å². The van der Waals surface area contributed by atoms with Gasteiger partial charge in [0.1, 0.15) is 0 Å². The lowest BCUT2D eigenvalue weighted by molar-refractivity contribution is 0.0695. The molecule has 0 bridgehead atoms. The van der Waals surface area contributed by atoms with Gasteiger partial charge in [-0.1, -0.05) is 13.8 Å². The summed E-state index contributed by atoms with van der Waals surface area (Å²) in [5, 5.41) is 9.25. The zero-order chi connectivity index (χ0) is 13.7. The normalized spacial score (nSPS) is 21.4. The number of aryl methyl sites for hydroxylation is 1. The van der Waals surface area contributed by atoms with Gasteiger partial charge >= 0.3 is 5.97 Å². The second-order valence-corrected chi connectivity index (χ2v) is 7.07. The van der Waals surface area contributed by atoms with Crippen LogP contribution in [0.3, 0.4) is 0 Å². The highest BCUT2D eigenvalue weighted by atomic mass is 32.2. The Morgan fingerprint density at radius 3 is 2.56 bits per heavy atom. The summed E-state index contributed by atoms with van der Waals surface area (Å²) in [6, 6.07) is 1.65. The van der Waals surface area contributed by atoms with Gasteiger partial charge in [-0.25, -0.2) is 4.79 Å². The Balaban J connectivity index is 2.85. The highest BCUT2D eigenvalue weighted by molar-refractivity contribution is 7.85. The van der Waals surface area contributed by atoms with E-state index in [1.54, 1.807) is 6.07 Å². The summed E-state index contributed by atoms with van der Waals surface area (Å²) in [6.45, 7) is 7.87. The fourth-order valence-corrected chi connectivity index (χ4v) is 4.77. The number of carboxylic acid groups (broad SMARTS) is 1. The molecule has 4 heteroatoms. The second kappa shape index (κ2) is 4.19. The SMILES string of the molecule is Cc1cc(C(=O)O)c(C)c2c1S(=O)CCC2(C)C. The molecule has 0 aromatic heterocycles. The minimum Gasteiger partial charge on any atom is -0.478 e. The molecule has 1 N–H and O–H groups in total. The molecule has 0 saturated carbocycles. The monoisotopic (exact) mass is 266 g/mol. The molecule has 0 amide bonds. The minimum atomic E-state index is -0.998. The molecule has 0 aliphatic carbocycles. The number of carbonyl (C=O) groups is 1. The predicted molar refractivity (Wildman–Crippen MR) is 71.8 cm³/mol. The predicted octanol–water partition coefficient (Wildman–Crippen LogP) is 2.79. The Bertz CT molecular complexity index is 559. The molecular weight excluding hydrogens is 248 g/mol. The summed E-state index contributed by atoms with van der Waals surface area (Å²) < 4.78 is 12.2. The molecule has 1 atom stereocenters. The van der Waals surface area contributed by atoms with Crippen molar-refractivity contribution in [3.05, 3.63) is 28.3 Å². The largest absolute Gasteiger partial charge is 0.478 e. The molecule has 1 heterocycles. The van der Waals surface area contributed by atoms with Crippen LogP contribution in [0, 0.1) is 13.8 Å². The van der Waals surface area contributed by atoms with Gasteiger partial charge in [0.2, 0.25) is 0 Å². The smallest absolute Gasteiger partial charge is 0.335 e. The molecule has 0 saturated heterocycles. The van der Waals surface area contributed by atoms with Crippen LogP contribution in [0.2, 0.25) is 0 Å². The summed E-state index contributed by atoms with van der Waals surface area (Å²) in [5.74, 6) is -0.252.